The number of benzene rings is 2. The third kappa shape index (κ3) is 3.27. The van der Waals surface area contributed by atoms with E-state index >= 15 is 0 Å². The van der Waals surface area contributed by atoms with Gasteiger partial charge in [0, 0.05) is 11.1 Å². The molecule has 0 N–H and O–H groups in total. The lowest BCUT2D eigenvalue weighted by atomic mass is 10.1. The molecule has 2 amide bonds. The minimum Gasteiger partial charge on any atom is -0.268 e. The molecule has 1 aromatic heterocycles. The zero-order valence-corrected chi connectivity index (χ0v) is 14.9. The first-order valence-corrected chi connectivity index (χ1v) is 8.95. The van der Waals surface area contributed by atoms with Crippen molar-refractivity contribution in [3.05, 3.63) is 83.6 Å². The number of halogens is 3. The van der Waals surface area contributed by atoms with Crippen molar-refractivity contribution in [2.75, 3.05) is 4.90 Å². The smallest absolute Gasteiger partial charge is 0.268 e. The first-order chi connectivity index (χ1) is 13.3. The van der Waals surface area contributed by atoms with E-state index in [4.69, 9.17) is 0 Å². The van der Waals surface area contributed by atoms with Gasteiger partial charge < -0.3 is 0 Å². The van der Waals surface area contributed by atoms with Gasteiger partial charge in [0.15, 0.2) is 0 Å². The number of pyridine rings is 1. The molecule has 0 unspecified atom stereocenters. The molecule has 0 bridgehead atoms. The van der Waals surface area contributed by atoms with Gasteiger partial charge in [0.2, 0.25) is 0 Å². The molecule has 0 saturated heterocycles. The number of amides is 2. The molecule has 4 rings (SSSR count). The van der Waals surface area contributed by atoms with Crippen LogP contribution in [0.3, 0.4) is 0 Å². The predicted octanol–water partition coefficient (Wildman–Crippen LogP) is 5.05. The highest BCUT2D eigenvalue weighted by Gasteiger charge is 2.36. The summed E-state index contributed by atoms with van der Waals surface area (Å²) in [6.07, 6.45) is -3.64. The second-order valence-electron chi connectivity index (χ2n) is 5.97. The fourth-order valence-electron chi connectivity index (χ4n) is 2.82. The van der Waals surface area contributed by atoms with Crippen LogP contribution in [0.4, 0.5) is 18.9 Å². The Hall–Kier alpha value is -3.13. The second kappa shape index (κ2) is 6.79. The topological polar surface area (TPSA) is 50.3 Å². The van der Waals surface area contributed by atoms with Gasteiger partial charge in [-0.2, -0.15) is 13.2 Å². The summed E-state index contributed by atoms with van der Waals surface area (Å²) in [5.41, 5.74) is 0.341. The fourth-order valence-corrected chi connectivity index (χ4v) is 3.57. The van der Waals surface area contributed by atoms with Gasteiger partial charge in [-0.15, -0.1) is 0 Å². The standard InChI is InChI=1S/C20H11F3N2O2S/c21-20(22,23)12-5-10-17(24-11-12)28-14-8-6-13(7-9-14)25-18(26)15-3-1-2-4-16(15)19(25)27/h1-11H. The van der Waals surface area contributed by atoms with E-state index in [1.165, 1.54) is 17.8 Å². The first-order valence-electron chi connectivity index (χ1n) is 8.13. The van der Waals surface area contributed by atoms with Crippen LogP contribution in [0, 0.1) is 0 Å². The normalized spacial score (nSPS) is 13.8. The lowest BCUT2D eigenvalue weighted by molar-refractivity contribution is -0.137. The van der Waals surface area contributed by atoms with E-state index in [0.29, 0.717) is 26.7 Å². The molecule has 28 heavy (non-hydrogen) atoms. The quantitative estimate of drug-likeness (QED) is 0.577. The number of hydrogen-bond donors (Lipinski definition) is 0. The van der Waals surface area contributed by atoms with Crippen LogP contribution in [0.25, 0.3) is 0 Å². The Morgan fingerprint density at radius 3 is 1.93 bits per heavy atom. The second-order valence-corrected chi connectivity index (χ2v) is 7.06. The van der Waals surface area contributed by atoms with Crippen LogP contribution in [-0.4, -0.2) is 16.8 Å². The van der Waals surface area contributed by atoms with Gasteiger partial charge in [0.25, 0.3) is 11.8 Å². The molecule has 140 valence electrons. The molecule has 1 aliphatic heterocycles. The third-order valence-electron chi connectivity index (χ3n) is 4.18. The maximum atomic E-state index is 12.6. The molecule has 2 aromatic carbocycles. The van der Waals surface area contributed by atoms with Gasteiger partial charge in [-0.3, -0.25) is 9.59 Å². The summed E-state index contributed by atoms with van der Waals surface area (Å²) in [6.45, 7) is 0. The summed E-state index contributed by atoms with van der Waals surface area (Å²) >= 11 is 1.18. The zero-order valence-electron chi connectivity index (χ0n) is 14.1. The Morgan fingerprint density at radius 2 is 1.43 bits per heavy atom. The zero-order chi connectivity index (χ0) is 19.9. The number of carbonyl (C=O) groups is 2. The van der Waals surface area contributed by atoms with Crippen molar-refractivity contribution in [3.63, 3.8) is 0 Å². The van der Waals surface area contributed by atoms with Gasteiger partial charge in [0.05, 0.1) is 22.4 Å². The number of anilines is 1. The van der Waals surface area contributed by atoms with E-state index in [-0.39, 0.29) is 11.8 Å². The largest absolute Gasteiger partial charge is 0.417 e. The van der Waals surface area contributed by atoms with Crippen molar-refractivity contribution in [2.45, 2.75) is 16.1 Å². The minimum absolute atomic E-state index is 0.361. The number of rotatable bonds is 3. The number of aromatic nitrogens is 1. The Bertz CT molecular complexity index is 1030. The third-order valence-corrected chi connectivity index (χ3v) is 5.13. The van der Waals surface area contributed by atoms with E-state index in [1.807, 2.05) is 0 Å². The van der Waals surface area contributed by atoms with Crippen LogP contribution in [0.2, 0.25) is 0 Å². The SMILES string of the molecule is O=C1c2ccccc2C(=O)N1c1ccc(Sc2ccc(C(F)(F)F)cn2)cc1. The van der Waals surface area contributed by atoms with Gasteiger partial charge >= 0.3 is 6.18 Å². The van der Waals surface area contributed by atoms with E-state index < -0.39 is 11.7 Å². The predicted molar refractivity (Wildman–Crippen MR) is 97.4 cm³/mol. The number of alkyl halides is 3. The molecule has 8 heteroatoms. The van der Waals surface area contributed by atoms with Crippen molar-refractivity contribution < 1.29 is 22.8 Å². The average Bonchev–Trinajstić information content (AvgIpc) is 2.93. The Morgan fingerprint density at radius 1 is 0.821 bits per heavy atom. The molecule has 3 aromatic rings. The monoisotopic (exact) mass is 400 g/mol. The Labute approximate surface area is 162 Å². The van der Waals surface area contributed by atoms with E-state index in [0.717, 1.165) is 17.2 Å². The lowest BCUT2D eigenvalue weighted by Gasteiger charge is -2.14. The van der Waals surface area contributed by atoms with Crippen molar-refractivity contribution in [1.82, 2.24) is 4.98 Å². The van der Waals surface area contributed by atoms with Crippen LogP contribution >= 0.6 is 11.8 Å². The van der Waals surface area contributed by atoms with Crippen molar-refractivity contribution in [2.24, 2.45) is 0 Å². The van der Waals surface area contributed by atoms with Crippen molar-refractivity contribution in [1.29, 1.82) is 0 Å². The molecular weight excluding hydrogens is 389 g/mol. The fraction of sp³-hybridized carbons (Fsp3) is 0.0500. The number of carbonyl (C=O) groups excluding carboxylic acids is 2. The van der Waals surface area contributed by atoms with E-state index in [9.17, 15) is 22.8 Å². The highest BCUT2D eigenvalue weighted by atomic mass is 32.2. The lowest BCUT2D eigenvalue weighted by Crippen LogP contribution is -2.29. The number of nitrogens with zero attached hydrogens (tertiary/aromatic N) is 2. The highest BCUT2D eigenvalue weighted by molar-refractivity contribution is 7.99. The summed E-state index contributed by atoms with van der Waals surface area (Å²) in [5.74, 6) is -0.768. The summed E-state index contributed by atoms with van der Waals surface area (Å²) in [7, 11) is 0. The number of hydrogen-bond acceptors (Lipinski definition) is 4. The van der Waals surface area contributed by atoms with Crippen LogP contribution in [0.1, 0.15) is 26.3 Å². The summed E-state index contributed by atoms with van der Waals surface area (Å²) in [4.78, 5) is 30.6. The van der Waals surface area contributed by atoms with Crippen LogP contribution < -0.4 is 4.90 Å². The molecule has 4 nitrogen and oxygen atoms in total. The van der Waals surface area contributed by atoms with Crippen molar-refractivity contribution in [3.8, 4) is 0 Å². The number of fused-ring (bicyclic) bond motifs is 1. The van der Waals surface area contributed by atoms with Crippen molar-refractivity contribution >= 4 is 29.3 Å². The first kappa shape index (κ1) is 18.2. The molecule has 0 spiro atoms. The molecular formula is C20H11F3N2O2S. The summed E-state index contributed by atoms with van der Waals surface area (Å²) < 4.78 is 37.8. The maximum Gasteiger partial charge on any atom is 0.417 e. The Kier molecular flexibility index (Phi) is 4.43. The van der Waals surface area contributed by atoms with Gasteiger partial charge in [0.1, 0.15) is 5.03 Å². The van der Waals surface area contributed by atoms with E-state index in [1.54, 1.807) is 48.5 Å². The van der Waals surface area contributed by atoms with Gasteiger partial charge in [-0.05, 0) is 48.5 Å². The summed E-state index contributed by atoms with van der Waals surface area (Å²) in [5, 5.41) is 0.404. The minimum atomic E-state index is -4.43. The van der Waals surface area contributed by atoms with Crippen LogP contribution in [0.15, 0.2) is 76.8 Å². The summed E-state index contributed by atoms with van der Waals surface area (Å²) in [6, 6.07) is 15.5. The van der Waals surface area contributed by atoms with Crippen LogP contribution in [-0.2, 0) is 6.18 Å². The molecule has 0 fully saturated rings. The van der Waals surface area contributed by atoms with Gasteiger partial charge in [-0.25, -0.2) is 9.88 Å². The molecule has 2 heterocycles. The number of imide groups is 1. The Balaban J connectivity index is 1.52. The maximum absolute atomic E-state index is 12.6. The van der Waals surface area contributed by atoms with Gasteiger partial charge in [-0.1, -0.05) is 23.9 Å². The highest BCUT2D eigenvalue weighted by Crippen LogP contribution is 2.33. The molecule has 0 aliphatic carbocycles. The molecule has 0 atom stereocenters. The van der Waals surface area contributed by atoms with Crippen LogP contribution in [0.5, 0.6) is 0 Å². The molecule has 1 aliphatic rings. The molecule has 0 radical (unpaired) electrons. The molecule has 0 saturated carbocycles. The van der Waals surface area contributed by atoms with E-state index in [2.05, 4.69) is 4.98 Å². The average molecular weight is 400 g/mol.